The van der Waals surface area contributed by atoms with E-state index in [1.807, 2.05) is 18.2 Å². The Balaban J connectivity index is 2.24. The maximum atomic E-state index is 10.0. The third kappa shape index (κ3) is 2.60. The van der Waals surface area contributed by atoms with E-state index >= 15 is 0 Å². The molecule has 1 aliphatic carbocycles. The quantitative estimate of drug-likeness (QED) is 0.611. The summed E-state index contributed by atoms with van der Waals surface area (Å²) in [4.78, 5) is 3.72. The van der Waals surface area contributed by atoms with E-state index in [-0.39, 0.29) is 0 Å². The molecule has 0 saturated heterocycles. The highest BCUT2D eigenvalue weighted by molar-refractivity contribution is 6.82. The van der Waals surface area contributed by atoms with E-state index in [1.165, 1.54) is 0 Å². The first-order valence-corrected chi connectivity index (χ1v) is 10.9. The molecule has 0 spiro atoms. The molecule has 1 aromatic carbocycles. The molecule has 0 radical (unpaired) electrons. The van der Waals surface area contributed by atoms with Crippen LogP contribution in [0.3, 0.4) is 0 Å². The van der Waals surface area contributed by atoms with Gasteiger partial charge in [0.05, 0.1) is 5.69 Å². The van der Waals surface area contributed by atoms with Gasteiger partial charge in [0.15, 0.2) is 8.24 Å². The highest BCUT2D eigenvalue weighted by Gasteiger charge is 2.49. The fourth-order valence-corrected chi connectivity index (χ4v) is 8.72. The zero-order chi connectivity index (χ0) is 15.1. The van der Waals surface area contributed by atoms with Gasteiger partial charge in [0.2, 0.25) is 0 Å². The predicted octanol–water partition coefficient (Wildman–Crippen LogP) is 4.94. The van der Waals surface area contributed by atoms with Crippen LogP contribution >= 0.6 is 0 Å². The van der Waals surface area contributed by atoms with Crippen LogP contribution in [0.25, 0.3) is 0 Å². The molecule has 20 heavy (non-hydrogen) atoms. The highest BCUT2D eigenvalue weighted by atomic mass is 28.3. The molecule has 2 N–H and O–H groups in total. The fraction of sp³-hybridized carbons (Fsp3) is 0.647. The number of para-hydroxylation sites is 2. The predicted molar refractivity (Wildman–Crippen MR) is 89.6 cm³/mol. The molecule has 0 aliphatic heterocycles. The maximum Gasteiger partial charge on any atom is 0.151 e. The van der Waals surface area contributed by atoms with Gasteiger partial charge in [-0.2, -0.15) is 0 Å². The molecule has 0 heterocycles. The van der Waals surface area contributed by atoms with Crippen molar-refractivity contribution in [2.75, 3.05) is 4.98 Å². The minimum Gasteiger partial charge on any atom is -0.506 e. The lowest BCUT2D eigenvalue weighted by molar-refractivity contribution is 0.352. The fourth-order valence-electron chi connectivity index (χ4n) is 4.41. The SMILES string of the molecule is CC1C(C)C(C)C([Si](C)(C)Nc2ccccc2O)C1C. The van der Waals surface area contributed by atoms with Gasteiger partial charge in [0, 0.05) is 0 Å². The van der Waals surface area contributed by atoms with Gasteiger partial charge in [-0.25, -0.2) is 0 Å². The molecule has 0 aromatic heterocycles. The molecule has 1 aromatic rings. The van der Waals surface area contributed by atoms with Gasteiger partial charge in [0.1, 0.15) is 5.75 Å². The van der Waals surface area contributed by atoms with Gasteiger partial charge in [-0.05, 0) is 41.3 Å². The van der Waals surface area contributed by atoms with Crippen molar-refractivity contribution in [3.63, 3.8) is 0 Å². The number of aromatic hydroxyl groups is 1. The van der Waals surface area contributed by atoms with Crippen LogP contribution in [0.1, 0.15) is 27.7 Å². The number of phenols is 1. The van der Waals surface area contributed by atoms with Crippen molar-refractivity contribution in [3.8, 4) is 5.75 Å². The Kier molecular flexibility index (Phi) is 4.19. The smallest absolute Gasteiger partial charge is 0.151 e. The molecule has 4 atom stereocenters. The van der Waals surface area contributed by atoms with E-state index in [4.69, 9.17) is 0 Å². The number of anilines is 1. The second-order valence-corrected chi connectivity index (χ2v) is 11.7. The lowest BCUT2D eigenvalue weighted by Gasteiger charge is -2.37. The maximum absolute atomic E-state index is 10.0. The lowest BCUT2D eigenvalue weighted by atomic mass is 9.92. The van der Waals surface area contributed by atoms with E-state index in [2.05, 4.69) is 45.8 Å². The van der Waals surface area contributed by atoms with Gasteiger partial charge in [-0.3, -0.25) is 0 Å². The topological polar surface area (TPSA) is 32.3 Å². The first-order valence-electron chi connectivity index (χ1n) is 7.82. The number of phenolic OH excluding ortho intramolecular Hbond substituents is 1. The third-order valence-electron chi connectivity index (χ3n) is 5.82. The summed E-state index contributed by atoms with van der Waals surface area (Å²) in [6.07, 6.45) is 0. The largest absolute Gasteiger partial charge is 0.506 e. The van der Waals surface area contributed by atoms with Crippen LogP contribution in [0.15, 0.2) is 24.3 Å². The number of hydrogen-bond donors (Lipinski definition) is 2. The van der Waals surface area contributed by atoms with Crippen molar-refractivity contribution in [1.82, 2.24) is 0 Å². The minimum absolute atomic E-state index is 0.368. The average molecular weight is 292 g/mol. The molecule has 2 rings (SSSR count). The summed E-state index contributed by atoms with van der Waals surface area (Å²) in [6, 6.07) is 7.61. The van der Waals surface area contributed by atoms with Crippen molar-refractivity contribution in [2.45, 2.75) is 46.3 Å². The van der Waals surface area contributed by atoms with Crippen LogP contribution < -0.4 is 4.98 Å². The Morgan fingerprint density at radius 2 is 1.40 bits per heavy atom. The number of hydrogen-bond acceptors (Lipinski definition) is 2. The van der Waals surface area contributed by atoms with Crippen LogP contribution in [-0.4, -0.2) is 13.3 Å². The van der Waals surface area contributed by atoms with Crippen LogP contribution in [0.4, 0.5) is 5.69 Å². The zero-order valence-electron chi connectivity index (χ0n) is 13.6. The Morgan fingerprint density at radius 3 is 1.90 bits per heavy atom. The van der Waals surface area contributed by atoms with Crippen molar-refractivity contribution in [3.05, 3.63) is 24.3 Å². The molecule has 1 fully saturated rings. The van der Waals surface area contributed by atoms with Crippen molar-refractivity contribution < 1.29 is 5.11 Å². The summed E-state index contributed by atoms with van der Waals surface area (Å²) in [6.45, 7) is 14.4. The molecular formula is C17H29NOSi. The number of nitrogens with one attached hydrogen (secondary N) is 1. The Hall–Kier alpha value is -0.963. The van der Waals surface area contributed by atoms with Crippen LogP contribution in [0, 0.1) is 23.7 Å². The zero-order valence-corrected chi connectivity index (χ0v) is 14.6. The van der Waals surface area contributed by atoms with E-state index in [9.17, 15) is 5.11 Å². The molecule has 112 valence electrons. The van der Waals surface area contributed by atoms with Gasteiger partial charge >= 0.3 is 0 Å². The summed E-state index contributed by atoms with van der Waals surface area (Å²) >= 11 is 0. The van der Waals surface area contributed by atoms with Crippen molar-refractivity contribution >= 4 is 13.9 Å². The first kappa shape index (κ1) is 15.4. The molecule has 1 aliphatic rings. The van der Waals surface area contributed by atoms with E-state index in [0.29, 0.717) is 5.75 Å². The second-order valence-electron chi connectivity index (χ2n) is 7.33. The number of benzene rings is 1. The number of rotatable bonds is 3. The van der Waals surface area contributed by atoms with Crippen LogP contribution in [-0.2, 0) is 0 Å². The van der Waals surface area contributed by atoms with Crippen LogP contribution in [0.5, 0.6) is 5.75 Å². The summed E-state index contributed by atoms with van der Waals surface area (Å²) in [5.41, 5.74) is 1.64. The monoisotopic (exact) mass is 291 g/mol. The van der Waals surface area contributed by atoms with Gasteiger partial charge in [0.25, 0.3) is 0 Å². The summed E-state index contributed by atoms with van der Waals surface area (Å²) in [5, 5.41) is 10.0. The highest BCUT2D eigenvalue weighted by Crippen LogP contribution is 2.53. The Bertz CT molecular complexity index is 460. The molecule has 1 saturated carbocycles. The van der Waals surface area contributed by atoms with Crippen molar-refractivity contribution in [2.24, 2.45) is 23.7 Å². The average Bonchev–Trinajstić information content (AvgIpc) is 2.57. The minimum atomic E-state index is -1.66. The van der Waals surface area contributed by atoms with E-state index in [1.54, 1.807) is 6.07 Å². The van der Waals surface area contributed by atoms with E-state index in [0.717, 1.165) is 34.9 Å². The van der Waals surface area contributed by atoms with Gasteiger partial charge < -0.3 is 10.1 Å². The van der Waals surface area contributed by atoms with Crippen molar-refractivity contribution in [1.29, 1.82) is 0 Å². The molecular weight excluding hydrogens is 262 g/mol. The third-order valence-corrected chi connectivity index (χ3v) is 9.45. The summed E-state index contributed by atoms with van der Waals surface area (Å²) in [5.74, 6) is 3.44. The molecule has 2 nitrogen and oxygen atoms in total. The van der Waals surface area contributed by atoms with E-state index < -0.39 is 8.24 Å². The summed E-state index contributed by atoms with van der Waals surface area (Å²) in [7, 11) is -1.66. The molecule has 0 amide bonds. The van der Waals surface area contributed by atoms with Crippen LogP contribution in [0.2, 0.25) is 18.6 Å². The molecule has 0 bridgehead atoms. The second kappa shape index (κ2) is 5.43. The Labute approximate surface area is 124 Å². The lowest BCUT2D eigenvalue weighted by Crippen LogP contribution is -2.45. The standard InChI is InChI=1S/C17H29NOSi/c1-11-12(2)14(4)17(13(11)3)20(5,6)18-15-9-7-8-10-16(15)19/h7-14,17-19H,1-6H3. The normalized spacial score (nSPS) is 34.2. The van der Waals surface area contributed by atoms with Gasteiger partial charge in [-0.15, -0.1) is 0 Å². The molecule has 4 unspecified atom stereocenters. The summed E-state index contributed by atoms with van der Waals surface area (Å²) < 4.78 is 0. The molecule has 3 heteroatoms. The Morgan fingerprint density at radius 1 is 0.900 bits per heavy atom. The van der Waals surface area contributed by atoms with Gasteiger partial charge in [-0.1, -0.05) is 52.9 Å². The first-order chi connectivity index (χ1) is 9.25.